The molecule has 0 unspecified atom stereocenters. The molecule has 0 heterocycles. The van der Waals surface area contributed by atoms with E-state index in [1.54, 1.807) is 19.1 Å². The largest absolute Gasteiger partial charge is 0.478 e. The number of carboxylic acids is 1. The van der Waals surface area contributed by atoms with Crippen molar-refractivity contribution < 1.29 is 9.90 Å². The third-order valence-electron chi connectivity index (χ3n) is 2.08. The first-order valence-electron chi connectivity index (χ1n) is 4.09. The van der Waals surface area contributed by atoms with Gasteiger partial charge in [-0.15, -0.1) is 0 Å². The molecule has 13 heavy (non-hydrogen) atoms. The summed E-state index contributed by atoms with van der Waals surface area (Å²) in [5.74, 6) is -0.929. The van der Waals surface area contributed by atoms with Gasteiger partial charge < -0.3 is 5.11 Å². The highest BCUT2D eigenvalue weighted by atomic mass is 35.5. The second-order valence-electron chi connectivity index (χ2n) is 2.87. The monoisotopic (exact) mass is 198 g/mol. The summed E-state index contributed by atoms with van der Waals surface area (Å²) in [7, 11) is 0. The van der Waals surface area contributed by atoms with Crippen LogP contribution in [0.1, 0.15) is 28.4 Å². The zero-order valence-corrected chi connectivity index (χ0v) is 8.35. The van der Waals surface area contributed by atoms with Crippen molar-refractivity contribution in [1.82, 2.24) is 0 Å². The Balaban J connectivity index is 3.31. The van der Waals surface area contributed by atoms with Gasteiger partial charge in [0.2, 0.25) is 0 Å². The van der Waals surface area contributed by atoms with Gasteiger partial charge in [-0.2, -0.15) is 0 Å². The Morgan fingerprint density at radius 1 is 1.54 bits per heavy atom. The van der Waals surface area contributed by atoms with Crippen LogP contribution in [0.15, 0.2) is 12.1 Å². The molecule has 0 radical (unpaired) electrons. The fraction of sp³-hybridized carbons (Fsp3) is 0.300. The fourth-order valence-corrected chi connectivity index (χ4v) is 1.54. The Labute approximate surface area is 82.2 Å². The Morgan fingerprint density at radius 2 is 2.15 bits per heavy atom. The minimum atomic E-state index is -0.929. The molecule has 1 N–H and O–H groups in total. The van der Waals surface area contributed by atoms with Crippen molar-refractivity contribution in [1.29, 1.82) is 0 Å². The van der Waals surface area contributed by atoms with Crippen LogP contribution in [0.25, 0.3) is 0 Å². The normalized spacial score (nSPS) is 10.1. The van der Waals surface area contributed by atoms with Crippen LogP contribution in [0, 0.1) is 6.92 Å². The molecule has 0 spiro atoms. The van der Waals surface area contributed by atoms with E-state index >= 15 is 0 Å². The summed E-state index contributed by atoms with van der Waals surface area (Å²) in [4.78, 5) is 10.7. The Bertz CT molecular complexity index is 345. The van der Waals surface area contributed by atoms with Crippen LogP contribution < -0.4 is 0 Å². The van der Waals surface area contributed by atoms with Crippen LogP contribution in [0.2, 0.25) is 5.02 Å². The highest BCUT2D eigenvalue weighted by molar-refractivity contribution is 6.32. The SMILES string of the molecule is CCc1ccc(C(=O)O)c(C)c1Cl. The molecule has 1 rings (SSSR count). The van der Waals surface area contributed by atoms with Crippen LogP contribution in [0.4, 0.5) is 0 Å². The van der Waals surface area contributed by atoms with E-state index in [9.17, 15) is 4.79 Å². The maximum atomic E-state index is 10.7. The van der Waals surface area contributed by atoms with E-state index in [2.05, 4.69) is 0 Å². The summed E-state index contributed by atoms with van der Waals surface area (Å²) in [5, 5.41) is 9.37. The molecule has 0 atom stereocenters. The molecule has 2 nitrogen and oxygen atoms in total. The summed E-state index contributed by atoms with van der Waals surface area (Å²) >= 11 is 5.98. The number of halogens is 1. The maximum absolute atomic E-state index is 10.7. The number of rotatable bonds is 2. The molecule has 0 saturated carbocycles. The summed E-state index contributed by atoms with van der Waals surface area (Å²) in [6.07, 6.45) is 0.819. The molecule has 0 bridgehead atoms. The number of aryl methyl sites for hydroxylation is 1. The van der Waals surface area contributed by atoms with Crippen LogP contribution in [-0.4, -0.2) is 11.1 Å². The molecule has 3 heteroatoms. The average Bonchev–Trinajstić information content (AvgIpc) is 2.09. The van der Waals surface area contributed by atoms with Gasteiger partial charge in [-0.25, -0.2) is 4.79 Å². The van der Waals surface area contributed by atoms with E-state index in [1.165, 1.54) is 0 Å². The van der Waals surface area contributed by atoms with Gasteiger partial charge in [-0.3, -0.25) is 0 Å². The molecular weight excluding hydrogens is 188 g/mol. The van der Waals surface area contributed by atoms with Crippen molar-refractivity contribution in [3.05, 3.63) is 33.8 Å². The molecule has 0 amide bonds. The molecule has 1 aromatic rings. The van der Waals surface area contributed by atoms with Gasteiger partial charge >= 0.3 is 5.97 Å². The van der Waals surface area contributed by atoms with Crippen LogP contribution >= 0.6 is 11.6 Å². The zero-order chi connectivity index (χ0) is 10.0. The summed E-state index contributed by atoms with van der Waals surface area (Å²) in [6, 6.07) is 3.36. The Kier molecular flexibility index (Phi) is 2.94. The van der Waals surface area contributed by atoms with Crippen LogP contribution in [0.3, 0.4) is 0 Å². The first-order valence-corrected chi connectivity index (χ1v) is 4.47. The first kappa shape index (κ1) is 10.1. The predicted molar refractivity (Wildman–Crippen MR) is 52.5 cm³/mol. The Hall–Kier alpha value is -1.02. The van der Waals surface area contributed by atoms with E-state index in [4.69, 9.17) is 16.7 Å². The minimum Gasteiger partial charge on any atom is -0.478 e. The fourth-order valence-electron chi connectivity index (χ4n) is 1.25. The molecule has 0 aliphatic heterocycles. The second-order valence-corrected chi connectivity index (χ2v) is 3.25. The second kappa shape index (κ2) is 3.79. The van der Waals surface area contributed by atoms with Gasteiger partial charge in [-0.1, -0.05) is 24.6 Å². The standard InChI is InChI=1S/C10H11ClO2/c1-3-7-4-5-8(10(12)13)6(2)9(7)11/h4-5H,3H2,1-2H3,(H,12,13). The van der Waals surface area contributed by atoms with Crippen LogP contribution in [-0.2, 0) is 6.42 Å². The van der Waals surface area contributed by atoms with E-state index in [0.717, 1.165) is 12.0 Å². The molecule has 0 aromatic heterocycles. The third kappa shape index (κ3) is 1.83. The zero-order valence-electron chi connectivity index (χ0n) is 7.60. The lowest BCUT2D eigenvalue weighted by Crippen LogP contribution is -2.01. The van der Waals surface area contributed by atoms with E-state index in [0.29, 0.717) is 10.6 Å². The van der Waals surface area contributed by atoms with Crippen molar-refractivity contribution >= 4 is 17.6 Å². The Morgan fingerprint density at radius 3 is 2.62 bits per heavy atom. The number of hydrogen-bond donors (Lipinski definition) is 1. The smallest absolute Gasteiger partial charge is 0.336 e. The lowest BCUT2D eigenvalue weighted by molar-refractivity contribution is 0.0696. The number of benzene rings is 1. The molecule has 0 aliphatic rings. The van der Waals surface area contributed by atoms with E-state index in [1.807, 2.05) is 6.92 Å². The van der Waals surface area contributed by atoms with Gasteiger partial charge in [0.1, 0.15) is 0 Å². The van der Waals surface area contributed by atoms with Gasteiger partial charge in [0.15, 0.2) is 0 Å². The summed E-state index contributed by atoms with van der Waals surface area (Å²) < 4.78 is 0. The highest BCUT2D eigenvalue weighted by Crippen LogP contribution is 2.24. The van der Waals surface area contributed by atoms with E-state index in [-0.39, 0.29) is 5.56 Å². The molecule has 0 saturated heterocycles. The topological polar surface area (TPSA) is 37.3 Å². The van der Waals surface area contributed by atoms with Gasteiger partial charge in [0.25, 0.3) is 0 Å². The maximum Gasteiger partial charge on any atom is 0.336 e. The van der Waals surface area contributed by atoms with E-state index < -0.39 is 5.97 Å². The third-order valence-corrected chi connectivity index (χ3v) is 2.60. The molecule has 1 aromatic carbocycles. The number of aromatic carboxylic acids is 1. The van der Waals surface area contributed by atoms with Gasteiger partial charge in [0, 0.05) is 5.02 Å². The highest BCUT2D eigenvalue weighted by Gasteiger charge is 2.11. The number of carbonyl (C=O) groups is 1. The van der Waals surface area contributed by atoms with Gasteiger partial charge in [-0.05, 0) is 30.5 Å². The first-order chi connectivity index (χ1) is 6.07. The molecule has 0 fully saturated rings. The summed E-state index contributed by atoms with van der Waals surface area (Å²) in [5.41, 5.74) is 1.92. The average molecular weight is 199 g/mol. The van der Waals surface area contributed by atoms with Crippen molar-refractivity contribution in [2.75, 3.05) is 0 Å². The van der Waals surface area contributed by atoms with Crippen molar-refractivity contribution in [3.8, 4) is 0 Å². The lowest BCUT2D eigenvalue weighted by atomic mass is 10.0. The lowest BCUT2D eigenvalue weighted by Gasteiger charge is -2.07. The van der Waals surface area contributed by atoms with Gasteiger partial charge in [0.05, 0.1) is 5.56 Å². The van der Waals surface area contributed by atoms with Crippen molar-refractivity contribution in [3.63, 3.8) is 0 Å². The van der Waals surface area contributed by atoms with Crippen molar-refractivity contribution in [2.24, 2.45) is 0 Å². The van der Waals surface area contributed by atoms with Crippen LogP contribution in [0.5, 0.6) is 0 Å². The number of carboxylic acid groups (broad SMARTS) is 1. The summed E-state index contributed by atoms with van der Waals surface area (Å²) in [6.45, 7) is 3.71. The minimum absolute atomic E-state index is 0.280. The predicted octanol–water partition coefficient (Wildman–Crippen LogP) is 2.91. The molecule has 70 valence electrons. The quantitative estimate of drug-likeness (QED) is 0.794. The molecular formula is C10H11ClO2. The van der Waals surface area contributed by atoms with Crippen molar-refractivity contribution in [2.45, 2.75) is 20.3 Å². The number of hydrogen-bond acceptors (Lipinski definition) is 1. The molecule has 0 aliphatic carbocycles.